The van der Waals surface area contributed by atoms with Crippen molar-refractivity contribution in [2.45, 2.75) is 218 Å². The Hall–Kier alpha value is -1.84. The van der Waals surface area contributed by atoms with Crippen molar-refractivity contribution in [2.24, 2.45) is 56.7 Å². The molecule has 0 unspecified atom stereocenters. The van der Waals surface area contributed by atoms with Gasteiger partial charge in [-0.25, -0.2) is 0 Å². The van der Waals surface area contributed by atoms with Crippen LogP contribution in [0.2, 0.25) is 5.02 Å². The monoisotopic (exact) mass is 1020 g/mol. The Balaban J connectivity index is 0.966. The van der Waals surface area contributed by atoms with E-state index in [1.807, 2.05) is 24.3 Å². The van der Waals surface area contributed by atoms with Gasteiger partial charge >= 0.3 is 0 Å². The number of hydrogen-bond acceptors (Lipinski definition) is 15. The number of amides is 1. The number of halogens is 1. The maximum absolute atomic E-state index is 14.7. The predicted molar refractivity (Wildman–Crippen MR) is 260 cm³/mol. The lowest BCUT2D eigenvalue weighted by molar-refractivity contribution is -0.393. The molecule has 1 aromatic rings. The number of aliphatic hydroxyl groups excluding tert-OH is 8. The zero-order valence-corrected chi connectivity index (χ0v) is 43.5. The van der Waals surface area contributed by atoms with Crippen LogP contribution in [0.3, 0.4) is 0 Å². The number of carbonyl (C=O) groups excluding carboxylic acids is 1. The van der Waals surface area contributed by atoms with Crippen molar-refractivity contribution in [3.05, 3.63) is 41.4 Å². The summed E-state index contributed by atoms with van der Waals surface area (Å²) in [5.41, 5.74) is 0.885. The summed E-state index contributed by atoms with van der Waals surface area (Å²) in [4.78, 5) is 14.7. The number of fused-ring (bicyclic) bond motifs is 7. The van der Waals surface area contributed by atoms with Crippen LogP contribution in [0.15, 0.2) is 36.4 Å². The first kappa shape index (κ1) is 54.0. The van der Waals surface area contributed by atoms with Crippen molar-refractivity contribution in [3.8, 4) is 0 Å². The number of benzene rings is 1. The molecule has 8 fully saturated rings. The lowest BCUT2D eigenvalue weighted by Crippen LogP contribution is -2.68. The predicted octanol–water partition coefficient (Wildman–Crippen LogP) is 4.82. The van der Waals surface area contributed by atoms with Crippen molar-refractivity contribution in [1.82, 2.24) is 0 Å². The second kappa shape index (κ2) is 19.6. The van der Waals surface area contributed by atoms with Crippen molar-refractivity contribution in [2.75, 3.05) is 11.9 Å². The molecule has 3 aliphatic heterocycles. The van der Waals surface area contributed by atoms with Gasteiger partial charge < -0.3 is 74.6 Å². The molecule has 0 radical (unpaired) electrons. The van der Waals surface area contributed by atoms with Crippen LogP contribution < -0.4 is 5.32 Å². The standard InChI is InChI=1S/C54H82ClNO15/c1-25(2)30-16-21-54(49(65)56-29-12-10-28(55)11-13-29)23-22-52(8)31(36(30)54)14-15-34-51(7)19-18-35(50(5,6)33(51)17-20-53(34,52)9)69-48-45(71-47-42(63)40(61)38(59)27(4)67-47)43(64)44(32(24-57)68-48)70-46-41(62)39(60)37(58)26(3)66-46/h10-13,26-27,30-48,57-64H,1,14-24H2,2-9H3,(H,56,65)/t26-,27-,30-,31+,32+,33-,34+,35-,36+,37-,38-,39+,40+,41+,42+,43-,44+,45+,46-,47-,48-,51-,52+,53+,54-/m0/s1. The van der Waals surface area contributed by atoms with Gasteiger partial charge in [-0.3, -0.25) is 4.79 Å². The number of aliphatic hydroxyl groups is 8. The van der Waals surface area contributed by atoms with E-state index in [2.05, 4.69) is 53.4 Å². The number of hydrogen-bond donors (Lipinski definition) is 9. The highest BCUT2D eigenvalue weighted by atomic mass is 35.5. The second-order valence-electron chi connectivity index (χ2n) is 24.6. The summed E-state index contributed by atoms with van der Waals surface area (Å²) in [5, 5.41) is 91.1. The average molecular weight is 1020 g/mol. The summed E-state index contributed by atoms with van der Waals surface area (Å²) < 4.78 is 37.4. The molecule has 17 heteroatoms. The Morgan fingerprint density at radius 2 is 1.28 bits per heavy atom. The zero-order chi connectivity index (χ0) is 51.5. The molecule has 5 aliphatic carbocycles. The Morgan fingerprint density at radius 1 is 0.676 bits per heavy atom. The number of rotatable bonds is 10. The number of nitrogens with one attached hydrogen (secondary N) is 1. The highest BCUT2D eigenvalue weighted by molar-refractivity contribution is 6.30. The van der Waals surface area contributed by atoms with Crippen molar-refractivity contribution >= 4 is 23.2 Å². The zero-order valence-electron chi connectivity index (χ0n) is 42.7. The first-order valence-corrected chi connectivity index (χ1v) is 26.7. The number of allylic oxidation sites excluding steroid dienone is 1. The quantitative estimate of drug-likeness (QED) is 0.113. The van der Waals surface area contributed by atoms with Gasteiger partial charge in [0.25, 0.3) is 0 Å². The summed E-state index contributed by atoms with van der Waals surface area (Å²) in [7, 11) is 0. The normalized spacial score (nSPS) is 51.5. The number of ether oxygens (including phenoxy) is 6. The Bertz CT molecular complexity index is 2100. The van der Waals surface area contributed by atoms with Crippen LogP contribution in [0.25, 0.3) is 0 Å². The fourth-order valence-electron chi connectivity index (χ4n) is 16.7. The molecule has 400 valence electrons. The molecule has 16 nitrogen and oxygen atoms in total. The van der Waals surface area contributed by atoms with Crippen molar-refractivity contribution < 1.29 is 74.1 Å². The van der Waals surface area contributed by atoms with Crippen molar-refractivity contribution in [3.63, 3.8) is 0 Å². The van der Waals surface area contributed by atoms with E-state index in [0.717, 1.165) is 63.5 Å². The second-order valence-corrected chi connectivity index (χ2v) is 25.0. The lowest BCUT2D eigenvalue weighted by atomic mass is 9.32. The van der Waals surface area contributed by atoms with Crippen LogP contribution in [0, 0.1) is 56.7 Å². The van der Waals surface area contributed by atoms with Crippen LogP contribution in [0.4, 0.5) is 5.69 Å². The minimum atomic E-state index is -1.74. The van der Waals surface area contributed by atoms with Crippen LogP contribution in [0.1, 0.15) is 120 Å². The summed E-state index contributed by atoms with van der Waals surface area (Å²) in [6.07, 6.45) is -13.2. The smallest absolute Gasteiger partial charge is 0.230 e. The molecule has 9 rings (SSSR count). The van der Waals surface area contributed by atoms with Gasteiger partial charge in [-0.2, -0.15) is 0 Å². The number of anilines is 1. The first-order chi connectivity index (χ1) is 33.3. The molecule has 25 atom stereocenters. The van der Waals surface area contributed by atoms with Gasteiger partial charge in [0.15, 0.2) is 18.9 Å². The summed E-state index contributed by atoms with van der Waals surface area (Å²) >= 11 is 6.22. The molecule has 5 saturated carbocycles. The van der Waals surface area contributed by atoms with Crippen LogP contribution in [-0.2, 0) is 33.2 Å². The third-order valence-corrected chi connectivity index (χ3v) is 21.1. The Labute approximate surface area is 423 Å². The maximum atomic E-state index is 14.7. The van der Waals surface area contributed by atoms with E-state index in [-0.39, 0.29) is 39.9 Å². The molecule has 0 spiro atoms. The molecule has 3 saturated heterocycles. The molecule has 8 aliphatic rings. The van der Waals surface area contributed by atoms with E-state index in [4.69, 9.17) is 40.0 Å². The molecule has 1 amide bonds. The Morgan fingerprint density at radius 3 is 1.87 bits per heavy atom. The maximum Gasteiger partial charge on any atom is 0.230 e. The molecule has 0 bridgehead atoms. The highest BCUT2D eigenvalue weighted by Gasteiger charge is 2.72. The minimum Gasteiger partial charge on any atom is -0.394 e. The topological polar surface area (TPSA) is 246 Å². The third-order valence-electron chi connectivity index (χ3n) is 20.9. The molecular weight excluding hydrogens is 938 g/mol. The summed E-state index contributed by atoms with van der Waals surface area (Å²) in [5.74, 6) is 1.52. The Kier molecular flexibility index (Phi) is 14.9. The highest BCUT2D eigenvalue weighted by Crippen LogP contribution is 2.78. The molecular formula is C54H82ClNO15. The van der Waals surface area contributed by atoms with Gasteiger partial charge in [0.05, 0.1) is 30.3 Å². The molecule has 3 heterocycles. The van der Waals surface area contributed by atoms with Gasteiger partial charge in [0.2, 0.25) is 5.91 Å². The third kappa shape index (κ3) is 8.70. The summed E-state index contributed by atoms with van der Waals surface area (Å²) in [6, 6.07) is 7.39. The first-order valence-electron chi connectivity index (χ1n) is 26.4. The van der Waals surface area contributed by atoms with E-state index in [9.17, 15) is 45.6 Å². The van der Waals surface area contributed by atoms with Crippen molar-refractivity contribution in [1.29, 1.82) is 0 Å². The van der Waals surface area contributed by atoms with Crippen LogP contribution >= 0.6 is 11.6 Å². The van der Waals surface area contributed by atoms with E-state index in [0.29, 0.717) is 23.3 Å². The number of carbonyl (C=O) groups is 1. The lowest BCUT2D eigenvalue weighted by Gasteiger charge is -2.73. The minimum absolute atomic E-state index is 0.0114. The van der Waals surface area contributed by atoms with Gasteiger partial charge in [-0.1, -0.05) is 58.4 Å². The van der Waals surface area contributed by atoms with Gasteiger partial charge in [0, 0.05) is 10.7 Å². The SMILES string of the molecule is C=C(C)[C@@H]1CC[C@]2(C(=O)Nc3ccc(Cl)cc3)CC[C@]3(C)[C@H](CC[C@@H]4[C@@]5(C)CC[C@H](O[C@@H]6O[C@H](CO)[C@@H](O[C@@H]7O[C@@H](C)[C@H](O)[C@@H](O)[C@H]7O)[C@H](O)[C@H]6O[C@@H]6O[C@@H](C)[C@H](O)[C@@H](O)[C@H]6O)C(C)(C)[C@@H]5CC[C@]43C)[C@@H]12. The van der Waals surface area contributed by atoms with Crippen LogP contribution in [-0.4, -0.2) is 152 Å². The molecule has 71 heavy (non-hydrogen) atoms. The van der Waals surface area contributed by atoms with Crippen LogP contribution in [0.5, 0.6) is 0 Å². The van der Waals surface area contributed by atoms with E-state index < -0.39 is 116 Å². The molecule has 1 aromatic carbocycles. The van der Waals surface area contributed by atoms with E-state index >= 15 is 0 Å². The van der Waals surface area contributed by atoms with Gasteiger partial charge in [-0.05, 0) is 160 Å². The molecule has 9 N–H and O–H groups in total. The largest absolute Gasteiger partial charge is 0.394 e. The van der Waals surface area contributed by atoms with E-state index in [1.54, 1.807) is 0 Å². The fourth-order valence-corrected chi connectivity index (χ4v) is 16.9. The van der Waals surface area contributed by atoms with Gasteiger partial charge in [-0.15, -0.1) is 0 Å². The fraction of sp³-hybridized carbons (Fsp3) is 0.833. The van der Waals surface area contributed by atoms with E-state index in [1.165, 1.54) is 19.4 Å². The summed E-state index contributed by atoms with van der Waals surface area (Å²) in [6.45, 7) is 21.1. The van der Waals surface area contributed by atoms with Gasteiger partial charge in [0.1, 0.15) is 61.0 Å². The average Bonchev–Trinajstić information content (AvgIpc) is 3.73. The molecule has 0 aromatic heterocycles.